The summed E-state index contributed by atoms with van der Waals surface area (Å²) < 4.78 is 0. The average Bonchev–Trinajstić information content (AvgIpc) is 3.19. The highest BCUT2D eigenvalue weighted by molar-refractivity contribution is 5.94. The first kappa shape index (κ1) is 13.9. The standard InChI is InChI=1S/C17H19NO3/c1-11(12-6-7-12)8-15(19)18-17(16(20)21)9-13-4-2-3-5-14(13)10-17/h2-5,8,12H,6-7,9-10H2,1H3,(H,18,19)(H,20,21)/b11-8-. The summed E-state index contributed by atoms with van der Waals surface area (Å²) in [5, 5.41) is 12.3. The van der Waals surface area contributed by atoms with Crippen molar-refractivity contribution in [1.82, 2.24) is 5.32 Å². The van der Waals surface area contributed by atoms with E-state index in [-0.39, 0.29) is 5.91 Å². The lowest BCUT2D eigenvalue weighted by atomic mass is 9.95. The zero-order valence-electron chi connectivity index (χ0n) is 12.1. The van der Waals surface area contributed by atoms with Crippen LogP contribution < -0.4 is 5.32 Å². The molecule has 4 nitrogen and oxygen atoms in total. The van der Waals surface area contributed by atoms with Crippen LogP contribution in [-0.2, 0) is 22.4 Å². The molecule has 1 saturated carbocycles. The monoisotopic (exact) mass is 285 g/mol. The van der Waals surface area contributed by atoms with Crippen LogP contribution in [0.1, 0.15) is 30.9 Å². The third-order valence-corrected chi connectivity index (χ3v) is 4.45. The van der Waals surface area contributed by atoms with Gasteiger partial charge >= 0.3 is 5.97 Å². The summed E-state index contributed by atoms with van der Waals surface area (Å²) in [5.41, 5.74) is 1.84. The van der Waals surface area contributed by atoms with Gasteiger partial charge in [0.15, 0.2) is 0 Å². The van der Waals surface area contributed by atoms with Crippen molar-refractivity contribution in [3.63, 3.8) is 0 Å². The van der Waals surface area contributed by atoms with E-state index in [1.807, 2.05) is 31.2 Å². The number of aliphatic carboxylic acids is 1. The molecule has 2 N–H and O–H groups in total. The van der Waals surface area contributed by atoms with Crippen LogP contribution in [0.3, 0.4) is 0 Å². The van der Waals surface area contributed by atoms with Gasteiger partial charge in [0.2, 0.25) is 5.91 Å². The highest BCUT2D eigenvalue weighted by atomic mass is 16.4. The molecule has 1 aromatic rings. The van der Waals surface area contributed by atoms with Gasteiger partial charge in [-0.2, -0.15) is 0 Å². The Balaban J connectivity index is 1.79. The van der Waals surface area contributed by atoms with Crippen LogP contribution in [-0.4, -0.2) is 22.5 Å². The molecular weight excluding hydrogens is 266 g/mol. The zero-order chi connectivity index (χ0) is 15.0. The van der Waals surface area contributed by atoms with Crippen molar-refractivity contribution in [2.75, 3.05) is 0 Å². The first-order valence-corrected chi connectivity index (χ1v) is 7.31. The number of rotatable bonds is 4. The Kier molecular flexibility index (Phi) is 3.32. The first-order valence-electron chi connectivity index (χ1n) is 7.31. The maximum absolute atomic E-state index is 12.2. The number of nitrogens with one attached hydrogen (secondary N) is 1. The van der Waals surface area contributed by atoms with Gasteiger partial charge in [0.25, 0.3) is 0 Å². The van der Waals surface area contributed by atoms with Gasteiger partial charge in [0, 0.05) is 18.9 Å². The molecule has 1 aromatic carbocycles. The molecule has 0 spiro atoms. The third kappa shape index (κ3) is 2.71. The summed E-state index contributed by atoms with van der Waals surface area (Å²) in [6.45, 7) is 1.94. The molecule has 0 radical (unpaired) electrons. The molecule has 21 heavy (non-hydrogen) atoms. The van der Waals surface area contributed by atoms with E-state index in [1.54, 1.807) is 6.08 Å². The Labute approximate surface area is 123 Å². The van der Waals surface area contributed by atoms with Crippen LogP contribution in [0.2, 0.25) is 0 Å². The Bertz CT molecular complexity index is 604. The SMILES string of the molecule is C/C(=C/C(=O)NC1(C(=O)O)Cc2ccccc2C1)C1CC1. The molecule has 4 heteroatoms. The molecule has 2 aliphatic carbocycles. The van der Waals surface area contributed by atoms with Crippen molar-refractivity contribution < 1.29 is 14.7 Å². The van der Waals surface area contributed by atoms with Gasteiger partial charge in [-0.25, -0.2) is 4.79 Å². The fourth-order valence-electron chi connectivity index (χ4n) is 3.04. The van der Waals surface area contributed by atoms with Gasteiger partial charge in [-0.05, 0) is 36.8 Å². The summed E-state index contributed by atoms with van der Waals surface area (Å²) in [6, 6.07) is 7.65. The van der Waals surface area contributed by atoms with E-state index in [1.165, 1.54) is 0 Å². The number of allylic oxidation sites excluding steroid dienone is 1. The minimum atomic E-state index is -1.21. The Morgan fingerprint density at radius 3 is 2.29 bits per heavy atom. The summed E-state index contributed by atoms with van der Waals surface area (Å²) in [4.78, 5) is 23.9. The van der Waals surface area contributed by atoms with E-state index in [2.05, 4.69) is 5.32 Å². The van der Waals surface area contributed by atoms with E-state index in [9.17, 15) is 14.7 Å². The number of fused-ring (bicyclic) bond motifs is 1. The van der Waals surface area contributed by atoms with Crippen molar-refractivity contribution in [3.8, 4) is 0 Å². The van der Waals surface area contributed by atoms with E-state index in [0.717, 1.165) is 29.5 Å². The highest BCUT2D eigenvalue weighted by Crippen LogP contribution is 2.36. The quantitative estimate of drug-likeness (QED) is 0.832. The Morgan fingerprint density at radius 1 is 1.24 bits per heavy atom. The van der Waals surface area contributed by atoms with Gasteiger partial charge in [-0.1, -0.05) is 29.8 Å². The summed E-state index contributed by atoms with van der Waals surface area (Å²) >= 11 is 0. The van der Waals surface area contributed by atoms with Gasteiger partial charge in [0.1, 0.15) is 5.54 Å². The number of hydrogen-bond donors (Lipinski definition) is 2. The van der Waals surface area contributed by atoms with Crippen molar-refractivity contribution in [2.24, 2.45) is 5.92 Å². The summed E-state index contributed by atoms with van der Waals surface area (Å²) in [6.07, 6.45) is 4.52. The van der Waals surface area contributed by atoms with E-state index >= 15 is 0 Å². The van der Waals surface area contributed by atoms with E-state index < -0.39 is 11.5 Å². The molecule has 0 saturated heterocycles. The fraction of sp³-hybridized carbons (Fsp3) is 0.412. The van der Waals surface area contributed by atoms with Crippen LogP contribution in [0.5, 0.6) is 0 Å². The van der Waals surface area contributed by atoms with Crippen LogP contribution in [0, 0.1) is 5.92 Å². The van der Waals surface area contributed by atoms with Crippen LogP contribution in [0.15, 0.2) is 35.9 Å². The Morgan fingerprint density at radius 2 is 1.81 bits per heavy atom. The number of carbonyl (C=O) groups is 2. The maximum atomic E-state index is 12.2. The molecule has 0 atom stereocenters. The number of carbonyl (C=O) groups excluding carboxylic acids is 1. The molecule has 1 amide bonds. The van der Waals surface area contributed by atoms with Crippen molar-refractivity contribution >= 4 is 11.9 Å². The van der Waals surface area contributed by atoms with Gasteiger partial charge in [0.05, 0.1) is 0 Å². The highest BCUT2D eigenvalue weighted by Gasteiger charge is 2.45. The lowest BCUT2D eigenvalue weighted by Gasteiger charge is -2.24. The predicted molar refractivity (Wildman–Crippen MR) is 78.8 cm³/mol. The number of carboxylic acid groups (broad SMARTS) is 1. The molecule has 2 aliphatic rings. The van der Waals surface area contributed by atoms with Crippen LogP contribution in [0.25, 0.3) is 0 Å². The lowest BCUT2D eigenvalue weighted by molar-refractivity contribution is -0.146. The molecular formula is C17H19NO3. The summed E-state index contributed by atoms with van der Waals surface area (Å²) in [7, 11) is 0. The van der Waals surface area contributed by atoms with Crippen molar-refractivity contribution in [3.05, 3.63) is 47.0 Å². The number of benzene rings is 1. The molecule has 3 rings (SSSR count). The number of hydrogen-bond acceptors (Lipinski definition) is 2. The summed E-state index contributed by atoms with van der Waals surface area (Å²) in [5.74, 6) is -0.753. The molecule has 0 unspecified atom stereocenters. The van der Waals surface area contributed by atoms with Gasteiger partial charge in [-0.3, -0.25) is 4.79 Å². The smallest absolute Gasteiger partial charge is 0.330 e. The number of carboxylic acids is 1. The largest absolute Gasteiger partial charge is 0.479 e. The minimum absolute atomic E-state index is 0.297. The lowest BCUT2D eigenvalue weighted by Crippen LogP contribution is -2.55. The third-order valence-electron chi connectivity index (χ3n) is 4.45. The molecule has 0 aromatic heterocycles. The molecule has 110 valence electrons. The molecule has 1 fully saturated rings. The van der Waals surface area contributed by atoms with Crippen LogP contribution in [0.4, 0.5) is 0 Å². The van der Waals surface area contributed by atoms with Gasteiger partial charge in [-0.15, -0.1) is 0 Å². The number of amides is 1. The molecule has 0 bridgehead atoms. The topological polar surface area (TPSA) is 66.4 Å². The van der Waals surface area contributed by atoms with Crippen LogP contribution >= 0.6 is 0 Å². The van der Waals surface area contributed by atoms with Crippen molar-refractivity contribution in [1.29, 1.82) is 0 Å². The van der Waals surface area contributed by atoms with Gasteiger partial charge < -0.3 is 10.4 Å². The second kappa shape index (κ2) is 5.02. The minimum Gasteiger partial charge on any atom is -0.479 e. The predicted octanol–water partition coefficient (Wildman–Crippen LogP) is 2.08. The first-order chi connectivity index (χ1) is 10.00. The maximum Gasteiger partial charge on any atom is 0.330 e. The normalized spacial score (nSPS) is 20.0. The second-order valence-corrected chi connectivity index (χ2v) is 6.16. The van der Waals surface area contributed by atoms with E-state index in [0.29, 0.717) is 18.8 Å². The fourth-order valence-corrected chi connectivity index (χ4v) is 3.04. The Hall–Kier alpha value is -2.10. The average molecular weight is 285 g/mol. The molecule has 0 heterocycles. The van der Waals surface area contributed by atoms with E-state index in [4.69, 9.17) is 0 Å². The van der Waals surface area contributed by atoms with Crippen molar-refractivity contribution in [2.45, 2.75) is 38.1 Å². The molecule has 0 aliphatic heterocycles. The second-order valence-electron chi connectivity index (χ2n) is 6.16. The zero-order valence-corrected chi connectivity index (χ0v) is 12.1.